The Morgan fingerprint density at radius 1 is 1.22 bits per heavy atom. The van der Waals surface area contributed by atoms with Crippen molar-refractivity contribution in [2.24, 2.45) is 5.92 Å². The van der Waals surface area contributed by atoms with E-state index < -0.39 is 17.2 Å². The van der Waals surface area contributed by atoms with Gasteiger partial charge in [-0.05, 0) is 52.4 Å². The summed E-state index contributed by atoms with van der Waals surface area (Å²) in [4.78, 5) is 41.6. The smallest absolute Gasteiger partial charge is 0.407 e. The van der Waals surface area contributed by atoms with Crippen LogP contribution in [0.5, 0.6) is 0 Å². The number of urea groups is 1. The summed E-state index contributed by atoms with van der Waals surface area (Å²) < 4.78 is 0. The van der Waals surface area contributed by atoms with Gasteiger partial charge in [0.1, 0.15) is 5.54 Å². The van der Waals surface area contributed by atoms with Crippen LogP contribution >= 0.6 is 0 Å². The minimum absolute atomic E-state index is 0.152. The predicted molar refractivity (Wildman–Crippen MR) is 83.0 cm³/mol. The summed E-state index contributed by atoms with van der Waals surface area (Å²) in [5.74, 6) is 0.335. The van der Waals surface area contributed by atoms with Crippen molar-refractivity contribution in [1.82, 2.24) is 14.7 Å². The van der Waals surface area contributed by atoms with E-state index in [1.807, 2.05) is 20.8 Å². The van der Waals surface area contributed by atoms with Crippen molar-refractivity contribution >= 4 is 18.0 Å². The molecule has 128 valence electrons. The first-order valence-corrected chi connectivity index (χ1v) is 8.31. The number of amides is 4. The summed E-state index contributed by atoms with van der Waals surface area (Å²) in [6.07, 6.45) is 2.03. The van der Waals surface area contributed by atoms with Crippen molar-refractivity contribution in [3.8, 4) is 0 Å². The summed E-state index contributed by atoms with van der Waals surface area (Å²) in [5.41, 5.74) is -1.41. The fraction of sp³-hybridized carbons (Fsp3) is 0.812. The Hall–Kier alpha value is -1.79. The maximum atomic E-state index is 13.1. The third-order valence-corrected chi connectivity index (χ3v) is 5.21. The number of hydrogen-bond donors (Lipinski definition) is 1. The van der Waals surface area contributed by atoms with Crippen LogP contribution in [0.2, 0.25) is 0 Å². The molecule has 4 amide bonds. The van der Waals surface area contributed by atoms with Crippen LogP contribution in [0.4, 0.5) is 9.59 Å². The monoisotopic (exact) mass is 323 g/mol. The highest BCUT2D eigenvalue weighted by Crippen LogP contribution is 2.43. The van der Waals surface area contributed by atoms with Crippen molar-refractivity contribution in [3.05, 3.63) is 0 Å². The van der Waals surface area contributed by atoms with Crippen LogP contribution in [-0.4, -0.2) is 68.5 Å². The predicted octanol–water partition coefficient (Wildman–Crippen LogP) is 1.97. The lowest BCUT2D eigenvalue weighted by atomic mass is 9.85. The quantitative estimate of drug-likeness (QED) is 0.788. The van der Waals surface area contributed by atoms with E-state index in [0.29, 0.717) is 38.4 Å². The first-order chi connectivity index (χ1) is 10.7. The Balaban J connectivity index is 1.90. The van der Waals surface area contributed by atoms with Crippen LogP contribution in [0, 0.1) is 5.92 Å². The van der Waals surface area contributed by atoms with Crippen molar-refractivity contribution < 1.29 is 19.5 Å². The molecule has 1 spiro atoms. The van der Waals surface area contributed by atoms with Gasteiger partial charge in [0, 0.05) is 25.2 Å². The van der Waals surface area contributed by atoms with E-state index in [0.717, 1.165) is 12.8 Å². The summed E-state index contributed by atoms with van der Waals surface area (Å²) in [5, 5.41) is 9.14. The second-order valence-corrected chi connectivity index (χ2v) is 7.95. The summed E-state index contributed by atoms with van der Waals surface area (Å²) in [6, 6.07) is -0.210. The number of carboxylic acid groups (broad SMARTS) is 1. The van der Waals surface area contributed by atoms with Crippen molar-refractivity contribution in [3.63, 3.8) is 0 Å². The molecule has 1 N–H and O–H groups in total. The lowest BCUT2D eigenvalue weighted by molar-refractivity contribution is -0.138. The van der Waals surface area contributed by atoms with Gasteiger partial charge in [0.25, 0.3) is 5.91 Å². The topological polar surface area (TPSA) is 81.2 Å². The number of hydrogen-bond acceptors (Lipinski definition) is 3. The van der Waals surface area contributed by atoms with E-state index in [2.05, 4.69) is 0 Å². The molecular formula is C16H25N3O4. The number of carbonyl (C=O) groups is 3. The Kier molecular flexibility index (Phi) is 3.57. The normalized spacial score (nSPS) is 24.7. The highest BCUT2D eigenvalue weighted by atomic mass is 16.4. The van der Waals surface area contributed by atoms with Crippen molar-refractivity contribution in [1.29, 1.82) is 0 Å². The standard InChI is InChI=1S/C16H25N3O4/c1-15(2,3)19-12(20)16(6-8-17(9-7-16)14(22)23)18(13(19)21)10-11-4-5-11/h11H,4-10H2,1-3H3,(H,22,23). The lowest BCUT2D eigenvalue weighted by Crippen LogP contribution is -2.58. The molecule has 3 fully saturated rings. The molecule has 2 aliphatic heterocycles. The molecule has 0 bridgehead atoms. The third kappa shape index (κ3) is 2.56. The molecule has 7 nitrogen and oxygen atoms in total. The minimum atomic E-state index is -0.960. The van der Waals surface area contributed by atoms with Gasteiger partial charge in [0.2, 0.25) is 0 Å². The lowest BCUT2D eigenvalue weighted by Gasteiger charge is -2.41. The number of rotatable bonds is 2. The first kappa shape index (κ1) is 16.1. The van der Waals surface area contributed by atoms with E-state index in [1.54, 1.807) is 4.90 Å². The molecule has 0 unspecified atom stereocenters. The van der Waals surface area contributed by atoms with Crippen LogP contribution in [0.1, 0.15) is 46.5 Å². The SMILES string of the molecule is CC(C)(C)N1C(=O)N(CC2CC2)C2(CCN(C(=O)O)CC2)C1=O. The van der Waals surface area contributed by atoms with Gasteiger partial charge in [-0.3, -0.25) is 9.69 Å². The van der Waals surface area contributed by atoms with Crippen LogP contribution in [0.25, 0.3) is 0 Å². The zero-order chi connectivity index (χ0) is 17.0. The number of carbonyl (C=O) groups excluding carboxylic acids is 2. The zero-order valence-electron chi connectivity index (χ0n) is 14.0. The number of nitrogens with zero attached hydrogens (tertiary/aromatic N) is 3. The Morgan fingerprint density at radius 3 is 2.22 bits per heavy atom. The summed E-state index contributed by atoms with van der Waals surface area (Å²) in [6.45, 7) is 6.81. The van der Waals surface area contributed by atoms with Gasteiger partial charge in [-0.2, -0.15) is 0 Å². The maximum absolute atomic E-state index is 13.1. The molecule has 2 heterocycles. The number of likely N-dealkylation sites (tertiary alicyclic amines) is 1. The molecule has 0 atom stereocenters. The van der Waals surface area contributed by atoms with Crippen LogP contribution < -0.4 is 0 Å². The van der Waals surface area contributed by atoms with Gasteiger partial charge in [0.05, 0.1) is 0 Å². The fourth-order valence-corrected chi connectivity index (χ4v) is 3.67. The van der Waals surface area contributed by atoms with Crippen LogP contribution in [0.3, 0.4) is 0 Å². The second-order valence-electron chi connectivity index (χ2n) is 7.95. The highest BCUT2D eigenvalue weighted by Gasteiger charge is 2.61. The van der Waals surface area contributed by atoms with E-state index in [4.69, 9.17) is 5.11 Å². The maximum Gasteiger partial charge on any atom is 0.407 e. The molecule has 1 aliphatic carbocycles. The van der Waals surface area contributed by atoms with E-state index >= 15 is 0 Å². The first-order valence-electron chi connectivity index (χ1n) is 8.31. The van der Waals surface area contributed by atoms with Gasteiger partial charge in [-0.1, -0.05) is 0 Å². The van der Waals surface area contributed by atoms with Gasteiger partial charge in [-0.25, -0.2) is 9.59 Å². The van der Waals surface area contributed by atoms with Gasteiger partial charge < -0.3 is 14.9 Å². The number of piperidine rings is 1. The molecule has 0 radical (unpaired) electrons. The molecule has 0 aromatic carbocycles. The Bertz CT molecular complexity index is 542. The second kappa shape index (κ2) is 5.11. The molecule has 1 saturated carbocycles. The van der Waals surface area contributed by atoms with Crippen LogP contribution in [-0.2, 0) is 4.79 Å². The zero-order valence-corrected chi connectivity index (χ0v) is 14.0. The van der Waals surface area contributed by atoms with Gasteiger partial charge in [-0.15, -0.1) is 0 Å². The van der Waals surface area contributed by atoms with E-state index in [-0.39, 0.29) is 11.9 Å². The average Bonchev–Trinajstić information content (AvgIpc) is 3.23. The largest absolute Gasteiger partial charge is 0.465 e. The molecule has 2 saturated heterocycles. The third-order valence-electron chi connectivity index (χ3n) is 5.21. The highest BCUT2D eigenvalue weighted by molar-refractivity contribution is 6.07. The Morgan fingerprint density at radius 2 is 1.78 bits per heavy atom. The minimum Gasteiger partial charge on any atom is -0.465 e. The molecule has 7 heteroatoms. The molecule has 3 rings (SSSR count). The molecule has 0 aromatic rings. The van der Waals surface area contributed by atoms with E-state index in [1.165, 1.54) is 9.80 Å². The van der Waals surface area contributed by atoms with Crippen molar-refractivity contribution in [2.45, 2.75) is 57.5 Å². The van der Waals surface area contributed by atoms with Crippen molar-refractivity contribution in [2.75, 3.05) is 19.6 Å². The Labute approximate surface area is 136 Å². The fourth-order valence-electron chi connectivity index (χ4n) is 3.67. The van der Waals surface area contributed by atoms with Gasteiger partial charge >= 0.3 is 12.1 Å². The van der Waals surface area contributed by atoms with E-state index in [9.17, 15) is 14.4 Å². The molecule has 3 aliphatic rings. The summed E-state index contributed by atoms with van der Waals surface area (Å²) in [7, 11) is 0. The van der Waals surface area contributed by atoms with Gasteiger partial charge in [0.15, 0.2) is 0 Å². The van der Waals surface area contributed by atoms with Crippen LogP contribution in [0.15, 0.2) is 0 Å². The molecule has 0 aromatic heterocycles. The average molecular weight is 323 g/mol. The molecule has 23 heavy (non-hydrogen) atoms. The molecular weight excluding hydrogens is 298 g/mol. The number of imide groups is 1. The summed E-state index contributed by atoms with van der Waals surface area (Å²) >= 11 is 0.